The van der Waals surface area contributed by atoms with Crippen molar-refractivity contribution in [1.82, 2.24) is 4.57 Å². The molecule has 4 aromatic rings. The van der Waals surface area contributed by atoms with Gasteiger partial charge in [0.2, 0.25) is 0 Å². The Bertz CT molecular complexity index is 1870. The molecule has 230 valence electrons. The fourth-order valence-electron chi connectivity index (χ4n) is 6.22. The van der Waals surface area contributed by atoms with Crippen LogP contribution in [0.1, 0.15) is 49.1 Å². The van der Waals surface area contributed by atoms with Gasteiger partial charge in [-0.2, -0.15) is 0 Å². The molecule has 1 fully saturated rings. The Kier molecular flexibility index (Phi) is 8.44. The number of anilines is 3. The Hall–Kier alpha value is -4.90. The molecule has 45 heavy (non-hydrogen) atoms. The Labute approximate surface area is 268 Å². The van der Waals surface area contributed by atoms with Crippen LogP contribution in [0.4, 0.5) is 17.1 Å². The number of carbonyl (C=O) groups excluding carboxylic acids is 3. The number of methoxy groups -OCH3 is 2. The minimum atomic E-state index is -0.572. The number of nitrogens with zero attached hydrogens (tertiary/aromatic N) is 2. The summed E-state index contributed by atoms with van der Waals surface area (Å²) in [5.41, 5.74) is 3.41. The van der Waals surface area contributed by atoms with Crippen molar-refractivity contribution >= 4 is 50.8 Å². The summed E-state index contributed by atoms with van der Waals surface area (Å²) in [6, 6.07) is 22.3. The number of piperidine rings is 1. The fraction of sp³-hybridized carbons (Fsp3) is 0.235. The predicted octanol–water partition coefficient (Wildman–Crippen LogP) is 5.53. The standard InChI is InChI=1S/C34H31BrN4O6/c1-44-23-11-12-26(35)25(16-23)33(42)37-28-15-21(32(41)36-27-7-4-3-6-24(27)34(43)45-2)10-13-30(28)38-17-20-14-22(19-38)29-8-5-9-31(40)39(29)18-20/h3-13,15-16,20,22H,14,17-19H2,1-2H3,(H,36,41)(H,37,42). The van der Waals surface area contributed by atoms with E-state index in [1.54, 1.807) is 66.7 Å². The molecule has 2 atom stereocenters. The molecular weight excluding hydrogens is 640 g/mol. The van der Waals surface area contributed by atoms with Crippen LogP contribution in [-0.4, -0.2) is 49.7 Å². The van der Waals surface area contributed by atoms with Crippen molar-refractivity contribution in [2.45, 2.75) is 18.9 Å². The number of para-hydroxylation sites is 1. The number of amides is 2. The highest BCUT2D eigenvalue weighted by molar-refractivity contribution is 9.10. The molecule has 0 spiro atoms. The second-order valence-electron chi connectivity index (χ2n) is 11.1. The normalized spacial score (nSPS) is 16.7. The third kappa shape index (κ3) is 6.08. The fourth-order valence-corrected chi connectivity index (χ4v) is 6.64. The maximum atomic E-state index is 13.7. The van der Waals surface area contributed by atoms with Gasteiger partial charge in [0.15, 0.2) is 0 Å². The summed E-state index contributed by atoms with van der Waals surface area (Å²) in [6.45, 7) is 1.95. The summed E-state index contributed by atoms with van der Waals surface area (Å²) < 4.78 is 12.7. The van der Waals surface area contributed by atoms with Crippen LogP contribution in [-0.2, 0) is 11.3 Å². The molecule has 1 saturated heterocycles. The first-order valence-electron chi connectivity index (χ1n) is 14.5. The van der Waals surface area contributed by atoms with Gasteiger partial charge in [-0.05, 0) is 82.9 Å². The summed E-state index contributed by atoms with van der Waals surface area (Å²) in [5, 5.41) is 5.84. The summed E-state index contributed by atoms with van der Waals surface area (Å²) in [5.74, 6) is -0.508. The first-order chi connectivity index (χ1) is 21.7. The summed E-state index contributed by atoms with van der Waals surface area (Å²) in [6.07, 6.45) is 0.971. The molecule has 1 aromatic heterocycles. The minimum absolute atomic E-state index is 0.0107. The lowest BCUT2D eigenvalue weighted by Gasteiger charge is -2.44. The van der Waals surface area contributed by atoms with Crippen LogP contribution in [0, 0.1) is 5.92 Å². The molecule has 2 aliphatic heterocycles. The average molecular weight is 672 g/mol. The zero-order valence-electron chi connectivity index (χ0n) is 24.7. The number of benzene rings is 3. The van der Waals surface area contributed by atoms with Crippen LogP contribution in [0.15, 0.2) is 88.1 Å². The quantitative estimate of drug-likeness (QED) is 0.248. The van der Waals surface area contributed by atoms with Crippen molar-refractivity contribution < 1.29 is 23.9 Å². The van der Waals surface area contributed by atoms with Crippen LogP contribution in [0.2, 0.25) is 0 Å². The summed E-state index contributed by atoms with van der Waals surface area (Å²) >= 11 is 3.47. The smallest absolute Gasteiger partial charge is 0.339 e. The predicted molar refractivity (Wildman–Crippen MR) is 175 cm³/mol. The number of aromatic nitrogens is 1. The zero-order chi connectivity index (χ0) is 31.7. The van der Waals surface area contributed by atoms with Gasteiger partial charge in [0.25, 0.3) is 17.4 Å². The first-order valence-corrected chi connectivity index (χ1v) is 15.3. The van der Waals surface area contributed by atoms with Gasteiger partial charge in [0, 0.05) is 47.3 Å². The molecule has 2 unspecified atom stereocenters. The van der Waals surface area contributed by atoms with Crippen LogP contribution < -0.4 is 25.8 Å². The molecule has 6 rings (SSSR count). The van der Waals surface area contributed by atoms with E-state index in [-0.39, 0.29) is 34.4 Å². The SMILES string of the molecule is COC(=O)c1ccccc1NC(=O)c1ccc(N2CC3CC(C2)c2cccc(=O)n2C3)c(NC(=O)c2cc(OC)ccc2Br)c1. The molecular formula is C34H31BrN4O6. The second-order valence-corrected chi connectivity index (χ2v) is 12.0. The van der Waals surface area contributed by atoms with Gasteiger partial charge in [-0.3, -0.25) is 14.4 Å². The van der Waals surface area contributed by atoms with E-state index in [1.165, 1.54) is 14.2 Å². The summed E-state index contributed by atoms with van der Waals surface area (Å²) in [4.78, 5) is 54.2. The van der Waals surface area contributed by atoms with Crippen LogP contribution in [0.3, 0.4) is 0 Å². The van der Waals surface area contributed by atoms with E-state index in [4.69, 9.17) is 9.47 Å². The monoisotopic (exact) mass is 670 g/mol. The van der Waals surface area contributed by atoms with Crippen molar-refractivity contribution in [3.8, 4) is 5.75 Å². The highest BCUT2D eigenvalue weighted by Gasteiger charge is 2.35. The number of carbonyl (C=O) groups is 3. The molecule has 0 radical (unpaired) electrons. The number of fused-ring (bicyclic) bond motifs is 4. The van der Waals surface area contributed by atoms with Crippen molar-refractivity contribution in [3.05, 3.63) is 116 Å². The third-order valence-electron chi connectivity index (χ3n) is 8.33. The molecule has 3 aromatic carbocycles. The molecule has 0 saturated carbocycles. The number of rotatable bonds is 7. The highest BCUT2D eigenvalue weighted by atomic mass is 79.9. The minimum Gasteiger partial charge on any atom is -0.497 e. The van der Waals surface area contributed by atoms with Gasteiger partial charge in [-0.1, -0.05) is 18.2 Å². The van der Waals surface area contributed by atoms with Gasteiger partial charge < -0.3 is 29.6 Å². The number of nitrogens with one attached hydrogen (secondary N) is 2. The number of esters is 1. The van der Waals surface area contributed by atoms with Gasteiger partial charge in [-0.15, -0.1) is 0 Å². The lowest BCUT2D eigenvalue weighted by molar-refractivity contribution is 0.0601. The van der Waals surface area contributed by atoms with Crippen molar-refractivity contribution in [1.29, 1.82) is 0 Å². The van der Waals surface area contributed by atoms with Crippen molar-refractivity contribution in [3.63, 3.8) is 0 Å². The molecule has 10 nitrogen and oxygen atoms in total. The molecule has 0 aliphatic carbocycles. The van der Waals surface area contributed by atoms with Crippen LogP contribution >= 0.6 is 15.9 Å². The van der Waals surface area contributed by atoms with E-state index in [2.05, 4.69) is 31.5 Å². The van der Waals surface area contributed by atoms with Gasteiger partial charge in [0.1, 0.15) is 5.75 Å². The summed E-state index contributed by atoms with van der Waals surface area (Å²) in [7, 11) is 2.81. The van der Waals surface area contributed by atoms with E-state index < -0.39 is 11.9 Å². The number of halogens is 1. The number of hydrogen-bond acceptors (Lipinski definition) is 7. The van der Waals surface area contributed by atoms with E-state index in [0.717, 1.165) is 17.8 Å². The molecule has 2 aliphatic rings. The Morgan fingerprint density at radius 2 is 1.62 bits per heavy atom. The van der Waals surface area contributed by atoms with Crippen molar-refractivity contribution in [2.75, 3.05) is 42.8 Å². The maximum absolute atomic E-state index is 13.7. The average Bonchev–Trinajstić information content (AvgIpc) is 3.05. The van der Waals surface area contributed by atoms with E-state index >= 15 is 0 Å². The highest BCUT2D eigenvalue weighted by Crippen LogP contribution is 2.39. The molecule has 2 amide bonds. The molecule has 11 heteroatoms. The number of ether oxygens (including phenoxy) is 2. The lowest BCUT2D eigenvalue weighted by atomic mass is 9.83. The lowest BCUT2D eigenvalue weighted by Crippen LogP contribution is -2.47. The topological polar surface area (TPSA) is 119 Å². The Balaban J connectivity index is 1.35. The molecule has 2 N–H and O–H groups in total. The Morgan fingerprint density at radius 1 is 0.822 bits per heavy atom. The second kappa shape index (κ2) is 12.6. The number of hydrogen-bond donors (Lipinski definition) is 2. The maximum Gasteiger partial charge on any atom is 0.339 e. The van der Waals surface area contributed by atoms with Gasteiger partial charge >= 0.3 is 5.97 Å². The Morgan fingerprint density at radius 3 is 2.42 bits per heavy atom. The van der Waals surface area contributed by atoms with E-state index in [0.29, 0.717) is 46.8 Å². The van der Waals surface area contributed by atoms with E-state index in [1.807, 2.05) is 16.7 Å². The van der Waals surface area contributed by atoms with Crippen molar-refractivity contribution in [2.24, 2.45) is 5.92 Å². The molecule has 2 bridgehead atoms. The zero-order valence-corrected chi connectivity index (χ0v) is 26.3. The van der Waals surface area contributed by atoms with E-state index in [9.17, 15) is 19.2 Å². The largest absolute Gasteiger partial charge is 0.497 e. The van der Waals surface area contributed by atoms with Crippen LogP contribution in [0.25, 0.3) is 0 Å². The number of pyridine rings is 1. The van der Waals surface area contributed by atoms with Gasteiger partial charge in [0.05, 0.1) is 42.4 Å². The first kappa shape index (κ1) is 30.1. The van der Waals surface area contributed by atoms with Gasteiger partial charge in [-0.25, -0.2) is 4.79 Å². The third-order valence-corrected chi connectivity index (χ3v) is 9.02. The van der Waals surface area contributed by atoms with Crippen LogP contribution in [0.5, 0.6) is 5.75 Å². The molecule has 3 heterocycles.